The van der Waals surface area contributed by atoms with Crippen LogP contribution in [-0.4, -0.2) is 48.6 Å². The fourth-order valence-corrected chi connectivity index (χ4v) is 3.41. The summed E-state index contributed by atoms with van der Waals surface area (Å²) in [7, 11) is 2.22. The Morgan fingerprint density at radius 3 is 2.67 bits per heavy atom. The smallest absolute Gasteiger partial charge is 0.350 e. The predicted molar refractivity (Wildman–Crippen MR) is 96.5 cm³/mol. The van der Waals surface area contributed by atoms with Crippen LogP contribution in [0.2, 0.25) is 0 Å². The number of primary amides is 1. The highest BCUT2D eigenvalue weighted by molar-refractivity contribution is 7.17. The highest BCUT2D eigenvalue weighted by atomic mass is 32.1. The lowest BCUT2D eigenvalue weighted by Gasteiger charge is -2.28. The normalized spacial score (nSPS) is 17.6. The maximum Gasteiger partial charge on any atom is 0.350 e. The lowest BCUT2D eigenvalue weighted by molar-refractivity contribution is 0.0531. The van der Waals surface area contributed by atoms with Gasteiger partial charge in [0.25, 0.3) is 0 Å². The average Bonchev–Trinajstić information content (AvgIpc) is 2.88. The number of hydrogen-bond donors (Lipinski definition) is 2. The molecule has 136 valence electrons. The molecule has 1 saturated heterocycles. The number of carbonyl (C=O) groups excluding carboxylic acids is 2. The molecule has 3 N–H and O–H groups in total. The largest absolute Gasteiger partial charge is 0.462 e. The molecule has 1 atom stereocenters. The van der Waals surface area contributed by atoms with Crippen LogP contribution < -0.4 is 11.1 Å². The zero-order valence-corrected chi connectivity index (χ0v) is 15.7. The predicted octanol–water partition coefficient (Wildman–Crippen LogP) is 2.86. The summed E-state index contributed by atoms with van der Waals surface area (Å²) in [4.78, 5) is 28.7. The number of piperidine rings is 1. The Balaban J connectivity index is 0.000000272. The quantitative estimate of drug-likeness (QED) is 0.809. The van der Waals surface area contributed by atoms with Gasteiger partial charge in [0.05, 0.1) is 12.3 Å². The minimum atomic E-state index is -0.709. The first-order valence-corrected chi connectivity index (χ1v) is 9.08. The van der Waals surface area contributed by atoms with E-state index in [2.05, 4.69) is 29.2 Å². The van der Waals surface area contributed by atoms with Gasteiger partial charge in [-0.2, -0.15) is 0 Å². The highest BCUT2D eigenvalue weighted by Gasteiger charge is 2.16. The number of carbonyl (C=O) groups is 2. The number of amides is 2. The van der Waals surface area contributed by atoms with Gasteiger partial charge >= 0.3 is 12.0 Å². The second-order valence-corrected chi connectivity index (χ2v) is 6.82. The van der Waals surface area contributed by atoms with E-state index < -0.39 is 12.0 Å². The molecule has 7 nitrogen and oxygen atoms in total. The van der Waals surface area contributed by atoms with Crippen LogP contribution >= 0.6 is 11.3 Å². The summed E-state index contributed by atoms with van der Waals surface area (Å²) in [6.45, 7) is 8.62. The number of rotatable bonds is 4. The number of ether oxygens (including phenoxy) is 1. The summed E-state index contributed by atoms with van der Waals surface area (Å²) in [6, 6.07) is -0.709. The van der Waals surface area contributed by atoms with Gasteiger partial charge in [0.1, 0.15) is 4.88 Å². The van der Waals surface area contributed by atoms with Crippen LogP contribution in [0.4, 0.5) is 9.93 Å². The molecule has 0 aromatic carbocycles. The standard InChI is InChI=1S/C8H11N3O3S.C8H17N/c1-3-14-6(12)5-4(2)10-8(15-5)11-7(9)13;1-3-8-5-4-6-9(2)7-8/h3H2,1-2H3,(H3,9,10,11,13);8H,3-7H2,1-2H3/t;8-/m.1/s1. The topological polar surface area (TPSA) is 97.5 Å². The molecule has 24 heavy (non-hydrogen) atoms. The number of urea groups is 1. The van der Waals surface area contributed by atoms with E-state index in [0.717, 1.165) is 17.3 Å². The number of anilines is 1. The molecule has 1 aliphatic rings. The third-order valence-corrected chi connectivity index (χ3v) is 4.84. The monoisotopic (exact) mass is 356 g/mol. The molecule has 1 aliphatic heterocycles. The van der Waals surface area contributed by atoms with Gasteiger partial charge in [0.15, 0.2) is 5.13 Å². The van der Waals surface area contributed by atoms with Gasteiger partial charge in [0.2, 0.25) is 0 Å². The fourth-order valence-electron chi connectivity index (χ4n) is 2.55. The van der Waals surface area contributed by atoms with Crippen molar-refractivity contribution in [3.63, 3.8) is 0 Å². The van der Waals surface area contributed by atoms with E-state index in [-0.39, 0.29) is 0 Å². The third kappa shape index (κ3) is 6.84. The molecule has 1 fully saturated rings. The van der Waals surface area contributed by atoms with E-state index in [1.54, 1.807) is 13.8 Å². The minimum Gasteiger partial charge on any atom is -0.462 e. The Morgan fingerprint density at radius 2 is 2.17 bits per heavy atom. The molecule has 2 heterocycles. The van der Waals surface area contributed by atoms with Gasteiger partial charge in [-0.15, -0.1) is 0 Å². The Labute approximate surface area is 147 Å². The number of likely N-dealkylation sites (tertiary alicyclic amines) is 1. The van der Waals surface area contributed by atoms with Crippen molar-refractivity contribution in [2.45, 2.75) is 40.0 Å². The average molecular weight is 356 g/mol. The van der Waals surface area contributed by atoms with Crippen molar-refractivity contribution in [1.82, 2.24) is 9.88 Å². The zero-order valence-electron chi connectivity index (χ0n) is 14.9. The van der Waals surface area contributed by atoms with Crippen molar-refractivity contribution < 1.29 is 14.3 Å². The van der Waals surface area contributed by atoms with Crippen LogP contribution in [0.3, 0.4) is 0 Å². The summed E-state index contributed by atoms with van der Waals surface area (Å²) in [5, 5.41) is 2.60. The summed E-state index contributed by atoms with van der Waals surface area (Å²) in [6.07, 6.45) is 4.24. The second-order valence-electron chi connectivity index (χ2n) is 5.82. The van der Waals surface area contributed by atoms with Gasteiger partial charge in [0, 0.05) is 6.54 Å². The Kier molecular flexibility index (Phi) is 8.70. The number of thiazole rings is 1. The van der Waals surface area contributed by atoms with Crippen molar-refractivity contribution in [3.8, 4) is 0 Å². The van der Waals surface area contributed by atoms with E-state index >= 15 is 0 Å². The molecule has 0 radical (unpaired) electrons. The van der Waals surface area contributed by atoms with Crippen LogP contribution in [0.15, 0.2) is 0 Å². The Hall–Kier alpha value is -1.67. The van der Waals surface area contributed by atoms with E-state index in [4.69, 9.17) is 10.5 Å². The van der Waals surface area contributed by atoms with E-state index in [1.165, 1.54) is 32.4 Å². The molecule has 2 amide bonds. The number of hydrogen-bond acceptors (Lipinski definition) is 6. The van der Waals surface area contributed by atoms with Crippen LogP contribution in [0.5, 0.6) is 0 Å². The highest BCUT2D eigenvalue weighted by Crippen LogP contribution is 2.23. The molecule has 8 heteroatoms. The molecule has 0 saturated carbocycles. The van der Waals surface area contributed by atoms with Crippen molar-refractivity contribution in [2.24, 2.45) is 11.7 Å². The molecule has 0 unspecified atom stereocenters. The first-order chi connectivity index (χ1) is 11.4. The summed E-state index contributed by atoms with van der Waals surface area (Å²) >= 11 is 1.04. The third-order valence-electron chi connectivity index (χ3n) is 3.79. The summed E-state index contributed by atoms with van der Waals surface area (Å²) in [5.41, 5.74) is 5.43. The number of nitrogens with zero attached hydrogens (tertiary/aromatic N) is 2. The van der Waals surface area contributed by atoms with E-state index in [9.17, 15) is 9.59 Å². The zero-order chi connectivity index (χ0) is 18.1. The maximum atomic E-state index is 11.4. The summed E-state index contributed by atoms with van der Waals surface area (Å²) < 4.78 is 4.81. The van der Waals surface area contributed by atoms with E-state index in [0.29, 0.717) is 22.3 Å². The van der Waals surface area contributed by atoms with Gasteiger partial charge < -0.3 is 15.4 Å². The number of aromatic nitrogens is 1. The number of nitrogens with one attached hydrogen (secondary N) is 1. The van der Waals surface area contributed by atoms with Crippen molar-refractivity contribution in [2.75, 3.05) is 32.1 Å². The first-order valence-electron chi connectivity index (χ1n) is 8.26. The lowest BCUT2D eigenvalue weighted by atomic mass is 9.96. The molecular weight excluding hydrogens is 328 g/mol. The number of esters is 1. The van der Waals surface area contributed by atoms with Gasteiger partial charge in [-0.05, 0) is 46.2 Å². The molecule has 2 rings (SSSR count). The van der Waals surface area contributed by atoms with Gasteiger partial charge in [-0.1, -0.05) is 24.7 Å². The van der Waals surface area contributed by atoms with Gasteiger partial charge in [-0.25, -0.2) is 14.6 Å². The number of aryl methyl sites for hydroxylation is 1. The van der Waals surface area contributed by atoms with E-state index in [1.807, 2.05) is 0 Å². The van der Waals surface area contributed by atoms with Gasteiger partial charge in [-0.3, -0.25) is 5.32 Å². The van der Waals surface area contributed by atoms with Crippen LogP contribution in [-0.2, 0) is 4.74 Å². The van der Waals surface area contributed by atoms with Crippen LogP contribution in [0, 0.1) is 12.8 Å². The molecular formula is C16H28N4O3S. The van der Waals surface area contributed by atoms with Crippen molar-refractivity contribution in [3.05, 3.63) is 10.6 Å². The molecule has 0 aliphatic carbocycles. The van der Waals surface area contributed by atoms with Crippen LogP contribution in [0.25, 0.3) is 0 Å². The molecule has 0 bridgehead atoms. The van der Waals surface area contributed by atoms with Crippen molar-refractivity contribution in [1.29, 1.82) is 0 Å². The SMILES string of the molecule is CCOC(=O)c1sc(NC(N)=O)nc1C.CC[C@@H]1CCCN(C)C1. The fraction of sp³-hybridized carbons (Fsp3) is 0.688. The Morgan fingerprint density at radius 1 is 1.46 bits per heavy atom. The Bertz CT molecular complexity index is 547. The number of nitrogens with two attached hydrogens (primary N) is 1. The summed E-state index contributed by atoms with van der Waals surface area (Å²) in [5.74, 6) is 0.550. The minimum absolute atomic E-state index is 0.294. The first kappa shape index (κ1) is 20.4. The second kappa shape index (κ2) is 10.2. The van der Waals surface area contributed by atoms with Crippen molar-refractivity contribution >= 4 is 28.5 Å². The molecule has 0 spiro atoms. The molecule has 1 aromatic rings. The van der Waals surface area contributed by atoms with Crippen LogP contribution in [0.1, 0.15) is 48.5 Å². The lowest BCUT2D eigenvalue weighted by Crippen LogP contribution is -2.31. The maximum absolute atomic E-state index is 11.4. The molecule has 1 aromatic heterocycles.